The molecule has 0 atom stereocenters. The molecule has 4 rings (SSSR count). The maximum absolute atomic E-state index is 12.6. The minimum Gasteiger partial charge on any atom is -0.382 e. The molecule has 0 spiro atoms. The highest BCUT2D eigenvalue weighted by atomic mass is 16.5. The van der Waals surface area contributed by atoms with Crippen molar-refractivity contribution in [3.8, 4) is 11.3 Å². The van der Waals surface area contributed by atoms with Gasteiger partial charge in [-0.15, -0.1) is 0 Å². The number of rotatable bonds is 10. The number of benzene rings is 2. The first-order valence-electron chi connectivity index (χ1n) is 11.8. The number of nitrogens with one attached hydrogen (secondary N) is 1. The van der Waals surface area contributed by atoms with Crippen molar-refractivity contribution in [3.63, 3.8) is 0 Å². The molecule has 0 unspecified atom stereocenters. The number of aryl methyl sites for hydroxylation is 3. The fourth-order valence-corrected chi connectivity index (χ4v) is 4.39. The third-order valence-electron chi connectivity index (χ3n) is 6.28. The van der Waals surface area contributed by atoms with Crippen molar-refractivity contribution in [1.82, 2.24) is 19.9 Å². The Labute approximate surface area is 206 Å². The molecule has 0 radical (unpaired) electrons. The van der Waals surface area contributed by atoms with E-state index in [0.717, 1.165) is 17.6 Å². The van der Waals surface area contributed by atoms with Crippen LogP contribution in [0.4, 0.5) is 0 Å². The summed E-state index contributed by atoms with van der Waals surface area (Å²) in [5.74, 6) is -0.175. The molecule has 0 bridgehead atoms. The Kier molecular flexibility index (Phi) is 7.90. The standard InChI is InChI=1S/C28H32N4O3/c1-19-7-5-6-8-23(19)27-20(2)24-15-22(16-30-28(33)25-17-29-18-31-21(25)3)9-10-26(24)32(27)11-12-35-14-13-34-4/h5-10,15,17-18H,11-14,16H2,1-4H3,(H,30,33). The predicted octanol–water partition coefficient (Wildman–Crippen LogP) is 4.62. The van der Waals surface area contributed by atoms with E-state index in [1.807, 2.05) is 0 Å². The van der Waals surface area contributed by atoms with Crippen LogP contribution in [-0.4, -0.2) is 47.4 Å². The van der Waals surface area contributed by atoms with Crippen LogP contribution < -0.4 is 5.32 Å². The first-order valence-corrected chi connectivity index (χ1v) is 11.8. The second-order valence-corrected chi connectivity index (χ2v) is 8.60. The van der Waals surface area contributed by atoms with Crippen LogP contribution in [-0.2, 0) is 22.6 Å². The van der Waals surface area contributed by atoms with Gasteiger partial charge in [0, 0.05) is 42.9 Å². The van der Waals surface area contributed by atoms with Crippen LogP contribution in [0.15, 0.2) is 55.0 Å². The van der Waals surface area contributed by atoms with Crippen molar-refractivity contribution in [2.24, 2.45) is 0 Å². The molecular weight excluding hydrogens is 440 g/mol. The molecule has 0 aliphatic heterocycles. The van der Waals surface area contributed by atoms with Crippen LogP contribution in [0.1, 0.15) is 32.7 Å². The Morgan fingerprint density at radius 1 is 1.06 bits per heavy atom. The van der Waals surface area contributed by atoms with E-state index in [-0.39, 0.29) is 5.91 Å². The van der Waals surface area contributed by atoms with Gasteiger partial charge in [0.25, 0.3) is 5.91 Å². The summed E-state index contributed by atoms with van der Waals surface area (Å²) in [4.78, 5) is 20.7. The number of carbonyl (C=O) groups excluding carboxylic acids is 1. The molecule has 1 amide bonds. The highest BCUT2D eigenvalue weighted by Crippen LogP contribution is 2.35. The first kappa shape index (κ1) is 24.6. The summed E-state index contributed by atoms with van der Waals surface area (Å²) < 4.78 is 13.2. The lowest BCUT2D eigenvalue weighted by Gasteiger charge is -2.14. The van der Waals surface area contributed by atoms with Gasteiger partial charge in [0.1, 0.15) is 6.33 Å². The van der Waals surface area contributed by atoms with E-state index in [0.29, 0.717) is 37.6 Å². The zero-order valence-corrected chi connectivity index (χ0v) is 20.8. The van der Waals surface area contributed by atoms with E-state index in [4.69, 9.17) is 9.47 Å². The van der Waals surface area contributed by atoms with E-state index in [9.17, 15) is 4.79 Å². The van der Waals surface area contributed by atoms with Gasteiger partial charge in [-0.25, -0.2) is 9.97 Å². The maximum Gasteiger partial charge on any atom is 0.254 e. The van der Waals surface area contributed by atoms with E-state index in [1.165, 1.54) is 34.1 Å². The largest absolute Gasteiger partial charge is 0.382 e. The average molecular weight is 473 g/mol. The van der Waals surface area contributed by atoms with Gasteiger partial charge in [0.05, 0.1) is 36.8 Å². The van der Waals surface area contributed by atoms with Gasteiger partial charge in [-0.1, -0.05) is 30.3 Å². The van der Waals surface area contributed by atoms with Gasteiger partial charge in [0.2, 0.25) is 0 Å². The van der Waals surface area contributed by atoms with Crippen molar-refractivity contribution in [3.05, 3.63) is 82.9 Å². The number of aromatic nitrogens is 3. The lowest BCUT2D eigenvalue weighted by molar-refractivity contribution is 0.0671. The number of amides is 1. The number of carbonyl (C=O) groups is 1. The Morgan fingerprint density at radius 2 is 1.89 bits per heavy atom. The Morgan fingerprint density at radius 3 is 2.66 bits per heavy atom. The van der Waals surface area contributed by atoms with Crippen molar-refractivity contribution in [2.75, 3.05) is 26.9 Å². The molecule has 182 valence electrons. The van der Waals surface area contributed by atoms with Crippen LogP contribution in [0.25, 0.3) is 22.2 Å². The second kappa shape index (κ2) is 11.3. The van der Waals surface area contributed by atoms with E-state index < -0.39 is 0 Å². The fraction of sp³-hybridized carbons (Fsp3) is 0.321. The van der Waals surface area contributed by atoms with E-state index in [2.05, 4.69) is 76.2 Å². The molecule has 7 nitrogen and oxygen atoms in total. The highest BCUT2D eigenvalue weighted by Gasteiger charge is 2.18. The number of fused-ring (bicyclic) bond motifs is 1. The van der Waals surface area contributed by atoms with Crippen LogP contribution >= 0.6 is 0 Å². The van der Waals surface area contributed by atoms with Gasteiger partial charge >= 0.3 is 0 Å². The van der Waals surface area contributed by atoms with Crippen molar-refractivity contribution in [2.45, 2.75) is 33.9 Å². The molecule has 0 aliphatic rings. The Balaban J connectivity index is 1.64. The molecule has 2 heterocycles. The smallest absolute Gasteiger partial charge is 0.254 e. The molecule has 0 saturated carbocycles. The van der Waals surface area contributed by atoms with Crippen molar-refractivity contribution < 1.29 is 14.3 Å². The first-order chi connectivity index (χ1) is 17.0. The Hall–Kier alpha value is -3.55. The van der Waals surface area contributed by atoms with Crippen molar-refractivity contribution in [1.29, 1.82) is 0 Å². The number of nitrogens with zero attached hydrogens (tertiary/aromatic N) is 3. The molecule has 0 aliphatic carbocycles. The molecule has 0 fully saturated rings. The highest BCUT2D eigenvalue weighted by molar-refractivity contribution is 5.95. The molecule has 7 heteroatoms. The summed E-state index contributed by atoms with van der Waals surface area (Å²) in [6.45, 7) is 9.03. The summed E-state index contributed by atoms with van der Waals surface area (Å²) in [6, 6.07) is 14.8. The van der Waals surface area contributed by atoms with E-state index >= 15 is 0 Å². The molecule has 2 aromatic heterocycles. The zero-order chi connectivity index (χ0) is 24.8. The molecule has 35 heavy (non-hydrogen) atoms. The van der Waals surface area contributed by atoms with Gasteiger partial charge in [0.15, 0.2) is 0 Å². The topological polar surface area (TPSA) is 78.3 Å². The third kappa shape index (κ3) is 5.42. The number of methoxy groups -OCH3 is 1. The minimum atomic E-state index is -0.175. The monoisotopic (exact) mass is 472 g/mol. The van der Waals surface area contributed by atoms with Crippen LogP contribution in [0.3, 0.4) is 0 Å². The van der Waals surface area contributed by atoms with Crippen LogP contribution in [0.5, 0.6) is 0 Å². The third-order valence-corrected chi connectivity index (χ3v) is 6.28. The minimum absolute atomic E-state index is 0.175. The van der Waals surface area contributed by atoms with Gasteiger partial charge in [-0.3, -0.25) is 4.79 Å². The second-order valence-electron chi connectivity index (χ2n) is 8.60. The van der Waals surface area contributed by atoms with Crippen LogP contribution in [0, 0.1) is 20.8 Å². The Bertz CT molecular complexity index is 1330. The van der Waals surface area contributed by atoms with Gasteiger partial charge in [-0.2, -0.15) is 0 Å². The molecule has 4 aromatic rings. The van der Waals surface area contributed by atoms with E-state index in [1.54, 1.807) is 20.2 Å². The van der Waals surface area contributed by atoms with Gasteiger partial charge in [-0.05, 0) is 49.6 Å². The zero-order valence-electron chi connectivity index (χ0n) is 20.8. The SMILES string of the molecule is COCCOCCn1c(-c2ccccc2C)c(C)c2cc(CNC(=O)c3cncnc3C)ccc21. The number of ether oxygens (including phenoxy) is 2. The lowest BCUT2D eigenvalue weighted by Crippen LogP contribution is -2.24. The number of hydrogen-bond donors (Lipinski definition) is 1. The summed E-state index contributed by atoms with van der Waals surface area (Å²) in [6.07, 6.45) is 3.00. The number of hydrogen-bond acceptors (Lipinski definition) is 5. The predicted molar refractivity (Wildman–Crippen MR) is 137 cm³/mol. The quantitative estimate of drug-likeness (QED) is 0.341. The lowest BCUT2D eigenvalue weighted by atomic mass is 10.0. The molecule has 0 saturated heterocycles. The summed E-state index contributed by atoms with van der Waals surface area (Å²) >= 11 is 0. The fourth-order valence-electron chi connectivity index (χ4n) is 4.39. The average Bonchev–Trinajstić information content (AvgIpc) is 3.14. The summed E-state index contributed by atoms with van der Waals surface area (Å²) in [5.41, 5.74) is 8.20. The van der Waals surface area contributed by atoms with Gasteiger partial charge < -0.3 is 19.4 Å². The normalized spacial score (nSPS) is 11.2. The van der Waals surface area contributed by atoms with Crippen LogP contribution in [0.2, 0.25) is 0 Å². The summed E-state index contributed by atoms with van der Waals surface area (Å²) in [7, 11) is 1.68. The van der Waals surface area contributed by atoms with Crippen molar-refractivity contribution >= 4 is 16.8 Å². The maximum atomic E-state index is 12.6. The molecular formula is C28H32N4O3. The molecule has 2 aromatic carbocycles. The summed E-state index contributed by atoms with van der Waals surface area (Å²) in [5, 5.41) is 4.17. The molecule has 1 N–H and O–H groups in total.